The minimum Gasteiger partial charge on any atom is -0.308 e. The Morgan fingerprint density at radius 2 is 0.775 bits per heavy atom. The molecular formula is C76H76N2O2. The molecule has 8 aliphatic rings. The van der Waals surface area contributed by atoms with Crippen molar-refractivity contribution in [2.24, 2.45) is 45.3 Å². The monoisotopic (exact) mass is 1050 g/mol. The number of fused-ring (bicyclic) bond motifs is 14. The molecule has 0 saturated heterocycles. The molecule has 4 fully saturated rings. The van der Waals surface area contributed by atoms with Gasteiger partial charge < -0.3 is 8.80 Å². The Kier molecular flexibility index (Phi) is 9.00. The average Bonchev–Trinajstić information content (AvgIpc) is 2.37. The standard InChI is InChI=1S/C76H76N2O2/c1-39(2)43-31-47-45-33-55-49(69(79)75(11)29-27-73(55,9)67-53(75)23-25-71(67,5)6)35-57(45)77-59-38-52-60(37-51(59)63(65(47)77)61(43)41-19-15-13-16-20-41)78-58-36-50-56(74(10)28-30-76(12,70(50)80)54-24-26-72(7,8)68(54)74)34-46(58)48-32-44(40(3)4)62(64(52)66(48)78)42-21-17-14-18-22-42/h13-22,31-40,53-54,67-68H,23-30H2,1-12H3. The second kappa shape index (κ2) is 14.9. The Balaban J connectivity index is 1.06. The molecule has 8 unspecified atom stereocenters. The lowest BCUT2D eigenvalue weighted by molar-refractivity contribution is -0.000944. The van der Waals surface area contributed by atoms with Crippen molar-refractivity contribution in [2.45, 2.75) is 157 Å². The van der Waals surface area contributed by atoms with Crippen molar-refractivity contribution >= 4 is 87.8 Å². The number of aromatic nitrogens is 2. The van der Waals surface area contributed by atoms with Gasteiger partial charge in [0.25, 0.3) is 0 Å². The number of benzene rings is 7. The number of carbonyl (C=O) groups is 2. The molecule has 4 heterocycles. The van der Waals surface area contributed by atoms with E-state index in [2.05, 4.69) is 201 Å². The smallest absolute Gasteiger partial charge is 0.169 e. The van der Waals surface area contributed by atoms with Crippen molar-refractivity contribution in [3.8, 4) is 22.3 Å². The Morgan fingerprint density at radius 1 is 0.412 bits per heavy atom. The summed E-state index contributed by atoms with van der Waals surface area (Å²) in [5.41, 5.74) is 18.8. The van der Waals surface area contributed by atoms with E-state index in [-0.39, 0.29) is 44.3 Å². The lowest BCUT2D eigenvalue weighted by atomic mass is 9.51. The van der Waals surface area contributed by atoms with Crippen molar-refractivity contribution in [1.29, 1.82) is 0 Å². The molecule has 0 amide bonds. The second-order valence-electron chi connectivity index (χ2n) is 30.2. The predicted octanol–water partition coefficient (Wildman–Crippen LogP) is 20.2. The number of hydrogen-bond acceptors (Lipinski definition) is 2. The van der Waals surface area contributed by atoms with E-state index in [4.69, 9.17) is 0 Å². The molecule has 4 aromatic heterocycles. The van der Waals surface area contributed by atoms with Gasteiger partial charge in [0.2, 0.25) is 0 Å². The van der Waals surface area contributed by atoms with Crippen LogP contribution in [0.3, 0.4) is 0 Å². The summed E-state index contributed by atoms with van der Waals surface area (Å²) in [6, 6.07) is 42.4. The van der Waals surface area contributed by atoms with Crippen LogP contribution < -0.4 is 0 Å². The maximum atomic E-state index is 15.8. The fraction of sp³-hybridized carbons (Fsp3) is 0.421. The van der Waals surface area contributed by atoms with Gasteiger partial charge >= 0.3 is 0 Å². The van der Waals surface area contributed by atoms with Gasteiger partial charge in [-0.25, -0.2) is 0 Å². The Bertz CT molecular complexity index is 4320. The average molecular weight is 1050 g/mol. The minimum absolute atomic E-state index is 0.102. The second-order valence-corrected chi connectivity index (χ2v) is 30.2. The predicted molar refractivity (Wildman–Crippen MR) is 333 cm³/mol. The van der Waals surface area contributed by atoms with Crippen LogP contribution in [0, 0.1) is 45.3 Å². The van der Waals surface area contributed by atoms with E-state index in [0.717, 1.165) is 60.7 Å². The molecule has 8 atom stereocenters. The molecular weight excluding hydrogens is 973 g/mol. The van der Waals surface area contributed by atoms with Crippen LogP contribution >= 0.6 is 0 Å². The van der Waals surface area contributed by atoms with Crippen LogP contribution in [0.25, 0.3) is 98.4 Å². The van der Waals surface area contributed by atoms with Gasteiger partial charge in [-0.05, 0) is 202 Å². The van der Waals surface area contributed by atoms with Crippen LogP contribution in [-0.4, -0.2) is 20.4 Å². The van der Waals surface area contributed by atoms with Crippen LogP contribution in [0.15, 0.2) is 109 Å². The van der Waals surface area contributed by atoms with Crippen molar-refractivity contribution in [3.05, 3.63) is 143 Å². The zero-order chi connectivity index (χ0) is 55.0. The highest BCUT2D eigenvalue weighted by molar-refractivity contribution is 6.33. The van der Waals surface area contributed by atoms with Gasteiger partial charge in [-0.1, -0.05) is 144 Å². The van der Waals surface area contributed by atoms with Gasteiger partial charge in [0.1, 0.15) is 0 Å². The summed E-state index contributed by atoms with van der Waals surface area (Å²) >= 11 is 0. The summed E-state index contributed by atoms with van der Waals surface area (Å²) in [6.07, 6.45) is 8.62. The first-order valence-corrected chi connectivity index (χ1v) is 30.9. The molecule has 0 aliphatic heterocycles. The summed E-state index contributed by atoms with van der Waals surface area (Å²) in [7, 11) is 0. The van der Waals surface area contributed by atoms with Crippen molar-refractivity contribution in [3.63, 3.8) is 0 Å². The highest BCUT2D eigenvalue weighted by atomic mass is 16.1. The van der Waals surface area contributed by atoms with E-state index in [1.54, 1.807) is 0 Å². The van der Waals surface area contributed by atoms with Crippen molar-refractivity contribution < 1.29 is 9.59 Å². The van der Waals surface area contributed by atoms with Crippen LogP contribution in [0.1, 0.15) is 189 Å². The third kappa shape index (κ3) is 5.44. The molecule has 4 saturated carbocycles. The molecule has 0 spiro atoms. The number of carbonyl (C=O) groups excluding carboxylic acids is 2. The maximum Gasteiger partial charge on any atom is 0.169 e. The van der Waals surface area contributed by atoms with Crippen molar-refractivity contribution in [1.82, 2.24) is 8.80 Å². The molecule has 402 valence electrons. The van der Waals surface area contributed by atoms with Gasteiger partial charge in [-0.2, -0.15) is 0 Å². The normalized spacial score (nSPS) is 29.5. The van der Waals surface area contributed by atoms with Crippen LogP contribution in [-0.2, 0) is 10.8 Å². The first-order chi connectivity index (χ1) is 38.1. The summed E-state index contributed by atoms with van der Waals surface area (Å²) in [4.78, 5) is 31.6. The number of Topliss-reactive ketones (excluding diaryl/α,β-unsaturated/α-hetero) is 2. The molecule has 0 N–H and O–H groups in total. The van der Waals surface area contributed by atoms with Gasteiger partial charge in [-0.15, -0.1) is 0 Å². The number of hydrogen-bond donors (Lipinski definition) is 0. The summed E-state index contributed by atoms with van der Waals surface area (Å²) < 4.78 is 5.21. The Morgan fingerprint density at radius 3 is 1.15 bits per heavy atom. The summed E-state index contributed by atoms with van der Waals surface area (Å²) in [6.45, 7) is 29.2. The maximum absolute atomic E-state index is 15.8. The molecule has 19 rings (SSSR count). The molecule has 11 aromatic rings. The molecule has 4 nitrogen and oxygen atoms in total. The fourth-order valence-corrected chi connectivity index (χ4v) is 21.2. The van der Waals surface area contributed by atoms with Crippen LogP contribution in [0.2, 0.25) is 0 Å². The molecule has 4 heteroatoms. The van der Waals surface area contributed by atoms with E-state index < -0.39 is 0 Å². The Hall–Kier alpha value is -6.52. The number of nitrogens with zero attached hydrogens (tertiary/aromatic N) is 2. The van der Waals surface area contributed by atoms with Crippen LogP contribution in [0.5, 0.6) is 0 Å². The van der Waals surface area contributed by atoms with E-state index in [1.807, 2.05) is 0 Å². The van der Waals surface area contributed by atoms with Crippen molar-refractivity contribution in [2.75, 3.05) is 0 Å². The van der Waals surface area contributed by atoms with E-state index in [1.165, 1.54) is 123 Å². The molecule has 4 bridgehead atoms. The third-order valence-corrected chi connectivity index (χ3v) is 24.7. The highest BCUT2D eigenvalue weighted by Crippen LogP contribution is 2.71. The quantitative estimate of drug-likeness (QED) is 0.176. The minimum atomic E-state index is -0.381. The molecule has 0 radical (unpaired) electrons. The van der Waals surface area contributed by atoms with Gasteiger partial charge in [-0.3, -0.25) is 9.59 Å². The fourth-order valence-electron chi connectivity index (χ4n) is 21.2. The van der Waals surface area contributed by atoms with E-state index in [9.17, 15) is 0 Å². The molecule has 80 heavy (non-hydrogen) atoms. The third-order valence-electron chi connectivity index (χ3n) is 24.7. The lowest BCUT2D eigenvalue weighted by Crippen LogP contribution is -2.50. The van der Waals surface area contributed by atoms with Gasteiger partial charge in [0, 0.05) is 65.0 Å². The Labute approximate surface area is 471 Å². The van der Waals surface area contributed by atoms with Gasteiger partial charge in [0.05, 0.1) is 33.1 Å². The summed E-state index contributed by atoms with van der Waals surface area (Å²) in [5, 5.41) is 10.1. The summed E-state index contributed by atoms with van der Waals surface area (Å²) in [5.74, 6) is 2.88. The highest BCUT2D eigenvalue weighted by Gasteiger charge is 2.66. The number of rotatable bonds is 4. The van der Waals surface area contributed by atoms with E-state index >= 15 is 9.59 Å². The molecule has 8 aliphatic carbocycles. The van der Waals surface area contributed by atoms with Gasteiger partial charge in [0.15, 0.2) is 11.6 Å². The zero-order valence-corrected chi connectivity index (χ0v) is 49.2. The first kappa shape index (κ1) is 48.2. The lowest BCUT2D eigenvalue weighted by Gasteiger charge is -2.52. The first-order valence-electron chi connectivity index (χ1n) is 30.9. The SMILES string of the molecule is CC(C)c1cc2c3cc4c(cc3n3c5cc6c7c(-c8ccccc8)c(C(C)C)cc8c9cc%10c(cc9n(c6cc5c(c1-c1ccccc1)c23)c87)C(=O)C1(C)CCC%10(C)C2C1CCC2(C)C)C(=O)C1(C)CCC4(C)C2C1CCC2(C)C. The largest absolute Gasteiger partial charge is 0.308 e. The van der Waals surface area contributed by atoms with E-state index in [0.29, 0.717) is 35.2 Å². The zero-order valence-electron chi connectivity index (χ0n) is 49.2. The number of ketones is 2. The topological polar surface area (TPSA) is 43.0 Å². The molecule has 7 aromatic carbocycles. The van der Waals surface area contributed by atoms with Crippen LogP contribution in [0.4, 0.5) is 0 Å².